The highest BCUT2D eigenvalue weighted by Gasteiger charge is 2.59. The molecule has 0 radical (unpaired) electrons. The van der Waals surface area contributed by atoms with Crippen LogP contribution in [0.3, 0.4) is 0 Å². The number of carbonyl (C=O) groups excluding carboxylic acids is 1. The van der Waals surface area contributed by atoms with Gasteiger partial charge in [0, 0.05) is 11.3 Å². The van der Waals surface area contributed by atoms with E-state index in [0.29, 0.717) is 6.54 Å². The number of amides is 1. The van der Waals surface area contributed by atoms with Crippen molar-refractivity contribution in [2.75, 3.05) is 6.54 Å². The molecule has 0 N–H and O–H groups in total. The molecule has 0 aromatic rings. The van der Waals surface area contributed by atoms with Gasteiger partial charge in [-0.2, -0.15) is 0 Å². The van der Waals surface area contributed by atoms with E-state index in [1.54, 1.807) is 4.90 Å². The number of piperidine rings is 1. The van der Waals surface area contributed by atoms with Crippen LogP contribution in [0.2, 0.25) is 19.6 Å². The largest absolute Gasteiger partial charge is 0.412 e. The van der Waals surface area contributed by atoms with Gasteiger partial charge in [0.2, 0.25) is 5.91 Å². The molecule has 3 aliphatic heterocycles. The average Bonchev–Trinajstić information content (AvgIpc) is 2.85. The van der Waals surface area contributed by atoms with Crippen molar-refractivity contribution in [2.45, 2.75) is 76.1 Å². The van der Waals surface area contributed by atoms with Crippen molar-refractivity contribution in [1.29, 1.82) is 0 Å². The van der Waals surface area contributed by atoms with E-state index < -0.39 is 20.1 Å². The second-order valence-electron chi connectivity index (χ2n) is 7.85. The van der Waals surface area contributed by atoms with Crippen LogP contribution < -0.4 is 0 Å². The molecule has 3 saturated heterocycles. The molecule has 3 fully saturated rings. The lowest BCUT2D eigenvalue weighted by Gasteiger charge is -2.44. The average molecular weight is 340 g/mol. The van der Waals surface area contributed by atoms with Gasteiger partial charge in [-0.05, 0) is 39.0 Å². The van der Waals surface area contributed by atoms with Crippen molar-refractivity contribution < 1.29 is 18.7 Å². The lowest BCUT2D eigenvalue weighted by Crippen LogP contribution is -2.60. The monoisotopic (exact) mass is 340 g/mol. The van der Waals surface area contributed by atoms with Crippen LogP contribution >= 0.6 is 0 Å². The highest BCUT2D eigenvalue weighted by atomic mass is 28.4. The predicted molar refractivity (Wildman–Crippen MR) is 85.1 cm³/mol. The molecule has 0 unspecified atom stereocenters. The molecule has 9 heteroatoms. The van der Waals surface area contributed by atoms with Crippen LogP contribution in [0.4, 0.5) is 0 Å². The quantitative estimate of drug-likeness (QED) is 0.340. The summed E-state index contributed by atoms with van der Waals surface area (Å²) in [6.45, 7) is 10.5. The number of ether oxygens (including phenoxy) is 2. The first kappa shape index (κ1) is 16.7. The third-order valence-electron chi connectivity index (χ3n) is 4.40. The predicted octanol–water partition coefficient (Wildman–Crippen LogP) is 2.02. The van der Waals surface area contributed by atoms with E-state index in [1.165, 1.54) is 0 Å². The van der Waals surface area contributed by atoms with Crippen molar-refractivity contribution in [3.63, 3.8) is 0 Å². The van der Waals surface area contributed by atoms with Crippen LogP contribution in [0, 0.1) is 0 Å². The van der Waals surface area contributed by atoms with Gasteiger partial charge in [-0.15, -0.1) is 0 Å². The zero-order chi connectivity index (χ0) is 17.0. The smallest absolute Gasteiger partial charge is 0.223 e. The van der Waals surface area contributed by atoms with Crippen LogP contribution in [0.15, 0.2) is 5.11 Å². The molecule has 0 bridgehead atoms. The van der Waals surface area contributed by atoms with Gasteiger partial charge in [-0.3, -0.25) is 4.79 Å². The zero-order valence-electron chi connectivity index (χ0n) is 14.2. The van der Waals surface area contributed by atoms with Gasteiger partial charge in [0.25, 0.3) is 0 Å². The van der Waals surface area contributed by atoms with Gasteiger partial charge >= 0.3 is 0 Å². The number of azide groups is 1. The molecule has 8 nitrogen and oxygen atoms in total. The van der Waals surface area contributed by atoms with Gasteiger partial charge in [-0.25, -0.2) is 0 Å². The topological polar surface area (TPSA) is 96.8 Å². The molecular formula is C14H24N4O4Si. The molecule has 3 rings (SSSR count). The standard InChI is InChI=1S/C14H24N4O4Si/c1-14(2)20-9-7-18-10(19)6-8(16-17-15)12(22-23(3,4)5)11(18)13(9)21-14/h8-9,11-13H,6-7H2,1-5H3/t8-,9-,11-,12-,13-/m1/s1. The number of hydrogen-bond donors (Lipinski definition) is 0. The molecule has 128 valence electrons. The summed E-state index contributed by atoms with van der Waals surface area (Å²) >= 11 is 0. The molecule has 3 aliphatic rings. The van der Waals surface area contributed by atoms with E-state index in [0.717, 1.165) is 0 Å². The van der Waals surface area contributed by atoms with E-state index in [-0.39, 0.29) is 36.7 Å². The van der Waals surface area contributed by atoms with Crippen LogP contribution in [0.25, 0.3) is 10.4 Å². The Labute approximate surface area is 136 Å². The number of carbonyl (C=O) groups is 1. The fourth-order valence-electron chi connectivity index (χ4n) is 3.79. The van der Waals surface area contributed by atoms with E-state index in [1.807, 2.05) is 13.8 Å². The maximum Gasteiger partial charge on any atom is 0.223 e. The number of hydrogen-bond acceptors (Lipinski definition) is 5. The van der Waals surface area contributed by atoms with Crippen LogP contribution in [0.5, 0.6) is 0 Å². The second kappa shape index (κ2) is 5.46. The van der Waals surface area contributed by atoms with Gasteiger partial charge < -0.3 is 18.8 Å². The Balaban J connectivity index is 1.94. The lowest BCUT2D eigenvalue weighted by atomic mass is 9.92. The van der Waals surface area contributed by atoms with E-state index in [9.17, 15) is 4.79 Å². The Bertz CT molecular complexity index is 557. The molecule has 0 aliphatic carbocycles. The maximum atomic E-state index is 12.5. The minimum atomic E-state index is -1.89. The minimum Gasteiger partial charge on any atom is -0.412 e. The summed E-state index contributed by atoms with van der Waals surface area (Å²) in [5.41, 5.74) is 8.87. The third-order valence-corrected chi connectivity index (χ3v) is 5.38. The minimum absolute atomic E-state index is 0.0257. The first-order chi connectivity index (χ1) is 10.6. The van der Waals surface area contributed by atoms with Gasteiger partial charge in [0.15, 0.2) is 14.1 Å². The van der Waals surface area contributed by atoms with Gasteiger partial charge in [-0.1, -0.05) is 5.11 Å². The summed E-state index contributed by atoms with van der Waals surface area (Å²) in [4.78, 5) is 17.2. The Morgan fingerprint density at radius 2 is 2.09 bits per heavy atom. The molecule has 1 amide bonds. The molecule has 5 atom stereocenters. The Kier molecular flexibility index (Phi) is 3.97. The van der Waals surface area contributed by atoms with Crippen molar-refractivity contribution >= 4 is 14.2 Å². The molecule has 23 heavy (non-hydrogen) atoms. The Morgan fingerprint density at radius 1 is 1.39 bits per heavy atom. The van der Waals surface area contributed by atoms with Crippen molar-refractivity contribution in [1.82, 2.24) is 4.90 Å². The van der Waals surface area contributed by atoms with Crippen LogP contribution in [0.1, 0.15) is 20.3 Å². The molecule has 0 saturated carbocycles. The van der Waals surface area contributed by atoms with Crippen LogP contribution in [-0.4, -0.2) is 61.9 Å². The van der Waals surface area contributed by atoms with E-state index >= 15 is 0 Å². The third kappa shape index (κ3) is 3.11. The van der Waals surface area contributed by atoms with Gasteiger partial charge in [0.1, 0.15) is 12.2 Å². The summed E-state index contributed by atoms with van der Waals surface area (Å²) in [6.07, 6.45) is -0.565. The lowest BCUT2D eigenvalue weighted by molar-refractivity contribution is -0.176. The highest BCUT2D eigenvalue weighted by Crippen LogP contribution is 2.42. The summed E-state index contributed by atoms with van der Waals surface area (Å²) < 4.78 is 18.3. The van der Waals surface area contributed by atoms with Crippen molar-refractivity contribution in [3.05, 3.63) is 10.4 Å². The summed E-state index contributed by atoms with van der Waals surface area (Å²) in [5.74, 6) is -0.693. The molecule has 0 spiro atoms. The van der Waals surface area contributed by atoms with Crippen LogP contribution in [-0.2, 0) is 18.7 Å². The normalized spacial score (nSPS) is 38.9. The van der Waals surface area contributed by atoms with Gasteiger partial charge in [0.05, 0.1) is 24.7 Å². The second-order valence-corrected chi connectivity index (χ2v) is 12.3. The van der Waals surface area contributed by atoms with E-state index in [4.69, 9.17) is 19.4 Å². The van der Waals surface area contributed by atoms with Crippen molar-refractivity contribution in [3.8, 4) is 0 Å². The fourth-order valence-corrected chi connectivity index (χ4v) is 4.90. The number of rotatable bonds is 3. The Hall–Kier alpha value is -1.12. The molecule has 0 aromatic heterocycles. The fraction of sp³-hybridized carbons (Fsp3) is 0.929. The first-order valence-electron chi connectivity index (χ1n) is 7.98. The molecule has 3 heterocycles. The van der Waals surface area contributed by atoms with E-state index in [2.05, 4.69) is 29.7 Å². The maximum absolute atomic E-state index is 12.5. The Morgan fingerprint density at radius 3 is 2.70 bits per heavy atom. The zero-order valence-corrected chi connectivity index (χ0v) is 15.2. The number of fused-ring (bicyclic) bond motifs is 3. The molecule has 0 aromatic carbocycles. The first-order valence-corrected chi connectivity index (χ1v) is 11.4. The van der Waals surface area contributed by atoms with Crippen molar-refractivity contribution in [2.24, 2.45) is 5.11 Å². The summed E-state index contributed by atoms with van der Waals surface area (Å²) in [7, 11) is -1.89. The highest BCUT2D eigenvalue weighted by molar-refractivity contribution is 6.69. The number of nitrogens with zero attached hydrogens (tertiary/aromatic N) is 4. The molecular weight excluding hydrogens is 316 g/mol. The summed E-state index contributed by atoms with van der Waals surface area (Å²) in [6, 6.07) is -0.753. The summed E-state index contributed by atoms with van der Waals surface area (Å²) in [5, 5.41) is 3.84. The SMILES string of the molecule is CC1(C)O[C@H]2[C@H]3[C@H](O[Si](C)(C)C)[C@H](N=[N+]=[N-])CC(=O)N3C[C@H]2O1.